The second-order valence-corrected chi connectivity index (χ2v) is 5.58. The number of anilines is 1. The van der Waals surface area contributed by atoms with Gasteiger partial charge in [-0.3, -0.25) is 4.79 Å². The Morgan fingerprint density at radius 1 is 1.32 bits per heavy atom. The molecule has 116 valence electrons. The Morgan fingerprint density at radius 3 is 2.59 bits per heavy atom. The van der Waals surface area contributed by atoms with Crippen molar-refractivity contribution in [1.29, 1.82) is 5.26 Å². The van der Waals surface area contributed by atoms with Gasteiger partial charge in [-0.15, -0.1) is 0 Å². The lowest BCUT2D eigenvalue weighted by atomic mass is 9.95. The largest absolute Gasteiger partial charge is 0.349 e. The van der Waals surface area contributed by atoms with Crippen molar-refractivity contribution in [3.8, 4) is 6.07 Å². The maximum atomic E-state index is 12.3. The first-order chi connectivity index (χ1) is 10.7. The van der Waals surface area contributed by atoms with Crippen LogP contribution in [0.25, 0.3) is 0 Å². The zero-order chi connectivity index (χ0) is 15.8. The average molecular weight is 297 g/mol. The van der Waals surface area contributed by atoms with E-state index in [0.717, 1.165) is 31.4 Å². The molecule has 4 heteroatoms. The first-order valence-electron chi connectivity index (χ1n) is 7.99. The highest BCUT2D eigenvalue weighted by atomic mass is 16.1. The van der Waals surface area contributed by atoms with Crippen molar-refractivity contribution < 1.29 is 4.79 Å². The molecule has 1 amide bonds. The van der Waals surface area contributed by atoms with Gasteiger partial charge in [0.25, 0.3) is 5.91 Å². The van der Waals surface area contributed by atoms with Crippen LogP contribution in [0.1, 0.15) is 39.0 Å². The van der Waals surface area contributed by atoms with Crippen LogP contribution in [0.4, 0.5) is 5.69 Å². The molecule has 0 aromatic heterocycles. The Hall–Kier alpha value is -2.28. The van der Waals surface area contributed by atoms with Crippen LogP contribution in [0.5, 0.6) is 0 Å². The van der Waals surface area contributed by atoms with E-state index in [1.54, 1.807) is 6.20 Å². The topological polar surface area (TPSA) is 56.1 Å². The monoisotopic (exact) mass is 297 g/mol. The zero-order valence-electron chi connectivity index (χ0n) is 13.1. The number of hydrogen-bond donors (Lipinski definition) is 1. The van der Waals surface area contributed by atoms with Gasteiger partial charge in [0.15, 0.2) is 0 Å². The Kier molecular flexibility index (Phi) is 6.02. The SMILES string of the molecule is CCN(/C=C(/C#N)C(=O)NC1CCCCC1)c1ccccc1. The van der Waals surface area contributed by atoms with Gasteiger partial charge in [-0.25, -0.2) is 0 Å². The van der Waals surface area contributed by atoms with Gasteiger partial charge in [-0.05, 0) is 31.9 Å². The molecule has 0 bridgehead atoms. The minimum atomic E-state index is -0.260. The smallest absolute Gasteiger partial charge is 0.263 e. The normalized spacial score (nSPS) is 15.9. The number of benzene rings is 1. The van der Waals surface area contributed by atoms with E-state index in [-0.39, 0.29) is 17.5 Å². The number of nitrogens with zero attached hydrogens (tertiary/aromatic N) is 2. The lowest BCUT2D eigenvalue weighted by Crippen LogP contribution is -2.37. The summed E-state index contributed by atoms with van der Waals surface area (Å²) in [5.41, 5.74) is 1.14. The number of nitrogens with one attached hydrogen (secondary N) is 1. The molecule has 0 atom stereocenters. The Morgan fingerprint density at radius 2 is 2.00 bits per heavy atom. The molecule has 0 aliphatic heterocycles. The predicted molar refractivity (Wildman–Crippen MR) is 88.2 cm³/mol. The molecule has 0 saturated heterocycles. The van der Waals surface area contributed by atoms with Gasteiger partial charge >= 0.3 is 0 Å². The number of nitriles is 1. The molecule has 0 radical (unpaired) electrons. The Labute approximate surface area is 132 Å². The fraction of sp³-hybridized carbons (Fsp3) is 0.444. The summed E-state index contributed by atoms with van der Waals surface area (Å²) in [5, 5.41) is 12.3. The third-order valence-corrected chi connectivity index (χ3v) is 4.02. The number of carbonyl (C=O) groups is 1. The van der Waals surface area contributed by atoms with E-state index >= 15 is 0 Å². The standard InChI is InChI=1S/C18H23N3O/c1-2-21(17-11-7-4-8-12-17)14-15(13-19)18(22)20-16-9-5-3-6-10-16/h4,7-8,11-12,14,16H,2-3,5-6,9-10H2,1H3,(H,20,22)/b15-14-. The number of para-hydroxylation sites is 1. The average Bonchev–Trinajstić information content (AvgIpc) is 2.57. The highest BCUT2D eigenvalue weighted by Gasteiger charge is 2.18. The van der Waals surface area contributed by atoms with Crippen LogP contribution >= 0.6 is 0 Å². The van der Waals surface area contributed by atoms with E-state index in [0.29, 0.717) is 6.54 Å². The summed E-state index contributed by atoms with van der Waals surface area (Å²) in [5.74, 6) is -0.260. The first kappa shape index (κ1) is 16.1. The predicted octanol–water partition coefficient (Wildman–Crippen LogP) is 3.37. The van der Waals surface area contributed by atoms with Gasteiger partial charge in [-0.2, -0.15) is 5.26 Å². The highest BCUT2D eigenvalue weighted by Crippen LogP contribution is 2.18. The van der Waals surface area contributed by atoms with Crippen molar-refractivity contribution >= 4 is 11.6 Å². The Bertz CT molecular complexity index is 553. The van der Waals surface area contributed by atoms with Crippen LogP contribution in [0.15, 0.2) is 42.1 Å². The van der Waals surface area contributed by atoms with E-state index in [2.05, 4.69) is 5.32 Å². The molecule has 0 heterocycles. The molecule has 1 fully saturated rings. The maximum absolute atomic E-state index is 12.3. The maximum Gasteiger partial charge on any atom is 0.263 e. The van der Waals surface area contributed by atoms with E-state index in [1.807, 2.05) is 48.2 Å². The van der Waals surface area contributed by atoms with E-state index in [1.165, 1.54) is 6.42 Å². The first-order valence-corrected chi connectivity index (χ1v) is 7.99. The summed E-state index contributed by atoms with van der Waals surface area (Å²) in [6.07, 6.45) is 7.23. The molecule has 1 aromatic rings. The molecule has 22 heavy (non-hydrogen) atoms. The summed E-state index contributed by atoms with van der Waals surface area (Å²) < 4.78 is 0. The lowest BCUT2D eigenvalue weighted by molar-refractivity contribution is -0.118. The van der Waals surface area contributed by atoms with Crippen molar-refractivity contribution in [3.63, 3.8) is 0 Å². The third kappa shape index (κ3) is 4.36. The number of carbonyl (C=O) groups excluding carboxylic acids is 1. The second-order valence-electron chi connectivity index (χ2n) is 5.58. The van der Waals surface area contributed by atoms with Crippen molar-refractivity contribution in [2.45, 2.75) is 45.1 Å². The molecule has 1 N–H and O–H groups in total. The zero-order valence-corrected chi connectivity index (χ0v) is 13.1. The summed E-state index contributed by atoms with van der Waals surface area (Å²) in [7, 11) is 0. The van der Waals surface area contributed by atoms with Crippen molar-refractivity contribution in [2.75, 3.05) is 11.4 Å². The molecule has 1 aliphatic rings. The van der Waals surface area contributed by atoms with Crippen LogP contribution in [0, 0.1) is 11.3 Å². The van der Waals surface area contributed by atoms with Crippen LogP contribution in [-0.2, 0) is 4.79 Å². The number of hydrogen-bond acceptors (Lipinski definition) is 3. The molecule has 2 rings (SSSR count). The third-order valence-electron chi connectivity index (χ3n) is 4.02. The minimum Gasteiger partial charge on any atom is -0.349 e. The second kappa shape index (κ2) is 8.23. The fourth-order valence-corrected chi connectivity index (χ4v) is 2.77. The lowest BCUT2D eigenvalue weighted by Gasteiger charge is -2.23. The fourth-order valence-electron chi connectivity index (χ4n) is 2.77. The number of amides is 1. The molecule has 1 saturated carbocycles. The molecular formula is C18H23N3O. The molecular weight excluding hydrogens is 274 g/mol. The van der Waals surface area contributed by atoms with Crippen molar-refractivity contribution in [3.05, 3.63) is 42.1 Å². The van der Waals surface area contributed by atoms with Gasteiger partial charge in [0.05, 0.1) is 0 Å². The summed E-state index contributed by atoms with van der Waals surface area (Å²) in [4.78, 5) is 14.2. The molecule has 4 nitrogen and oxygen atoms in total. The van der Waals surface area contributed by atoms with Gasteiger partial charge in [-0.1, -0.05) is 37.5 Å². The van der Waals surface area contributed by atoms with E-state index in [9.17, 15) is 10.1 Å². The molecule has 0 spiro atoms. The highest BCUT2D eigenvalue weighted by molar-refractivity contribution is 5.97. The summed E-state index contributed by atoms with van der Waals surface area (Å²) in [6.45, 7) is 2.70. The molecule has 1 aliphatic carbocycles. The summed E-state index contributed by atoms with van der Waals surface area (Å²) in [6, 6.07) is 12.0. The minimum absolute atomic E-state index is 0.163. The van der Waals surface area contributed by atoms with E-state index in [4.69, 9.17) is 0 Å². The van der Waals surface area contributed by atoms with Gasteiger partial charge in [0, 0.05) is 24.5 Å². The van der Waals surface area contributed by atoms with Crippen LogP contribution in [0.3, 0.4) is 0 Å². The van der Waals surface area contributed by atoms with Crippen LogP contribution in [-0.4, -0.2) is 18.5 Å². The van der Waals surface area contributed by atoms with Crippen molar-refractivity contribution in [2.24, 2.45) is 0 Å². The molecule has 1 aromatic carbocycles. The van der Waals surface area contributed by atoms with Gasteiger partial charge < -0.3 is 10.2 Å². The Balaban J connectivity index is 2.08. The van der Waals surface area contributed by atoms with Gasteiger partial charge in [0.1, 0.15) is 11.6 Å². The summed E-state index contributed by atoms with van der Waals surface area (Å²) >= 11 is 0. The van der Waals surface area contributed by atoms with Gasteiger partial charge in [0.2, 0.25) is 0 Å². The van der Waals surface area contributed by atoms with Crippen molar-refractivity contribution in [1.82, 2.24) is 5.32 Å². The van der Waals surface area contributed by atoms with E-state index < -0.39 is 0 Å². The van der Waals surface area contributed by atoms with Crippen LogP contribution in [0.2, 0.25) is 0 Å². The van der Waals surface area contributed by atoms with Crippen LogP contribution < -0.4 is 10.2 Å². The molecule has 0 unspecified atom stereocenters. The number of rotatable bonds is 5. The quantitative estimate of drug-likeness (QED) is 0.669.